The maximum absolute atomic E-state index is 13.5. The SMILES string of the molecule is CSc1cc(C)[nH]c(=O)c1CNC(=O)c1c(C)n([C@H](C)C2CC(NC(=O)C3CC(F)(F)C3)C2)c2ccccc12. The highest BCUT2D eigenvalue weighted by Gasteiger charge is 2.49. The van der Waals surface area contributed by atoms with Crippen molar-refractivity contribution in [1.82, 2.24) is 20.2 Å². The number of carbonyl (C=O) groups is 2. The fourth-order valence-electron chi connectivity index (χ4n) is 6.05. The van der Waals surface area contributed by atoms with Crippen LogP contribution in [-0.2, 0) is 11.3 Å². The van der Waals surface area contributed by atoms with Crippen LogP contribution in [0.4, 0.5) is 8.78 Å². The molecule has 2 aliphatic rings. The predicted octanol–water partition coefficient (Wildman–Crippen LogP) is 5.10. The van der Waals surface area contributed by atoms with E-state index in [0.29, 0.717) is 11.1 Å². The molecule has 3 N–H and O–H groups in total. The third-order valence-electron chi connectivity index (χ3n) is 8.33. The second kappa shape index (κ2) is 10.4. The van der Waals surface area contributed by atoms with Crippen LogP contribution in [0.15, 0.2) is 40.0 Å². The van der Waals surface area contributed by atoms with E-state index >= 15 is 0 Å². The van der Waals surface area contributed by atoms with Crippen LogP contribution < -0.4 is 16.2 Å². The summed E-state index contributed by atoms with van der Waals surface area (Å²) >= 11 is 1.47. The van der Waals surface area contributed by atoms with E-state index < -0.39 is 11.8 Å². The third-order valence-corrected chi connectivity index (χ3v) is 9.13. The second-order valence-corrected chi connectivity index (χ2v) is 11.8. The Balaban J connectivity index is 1.30. The first-order valence-corrected chi connectivity index (χ1v) is 14.5. The Labute approximate surface area is 230 Å². The number of nitrogens with one attached hydrogen (secondary N) is 3. The Morgan fingerprint density at radius 1 is 1.21 bits per heavy atom. The highest BCUT2D eigenvalue weighted by Crippen LogP contribution is 2.44. The van der Waals surface area contributed by atoms with Gasteiger partial charge in [0.2, 0.25) is 11.8 Å². The molecule has 2 amide bonds. The summed E-state index contributed by atoms with van der Waals surface area (Å²) in [5.74, 6) is -3.52. The highest BCUT2D eigenvalue weighted by atomic mass is 32.2. The molecule has 3 aromatic rings. The van der Waals surface area contributed by atoms with Gasteiger partial charge in [0.1, 0.15) is 0 Å². The van der Waals surface area contributed by atoms with Gasteiger partial charge in [0.15, 0.2) is 0 Å². The van der Waals surface area contributed by atoms with E-state index in [-0.39, 0.29) is 54.8 Å². The molecule has 0 unspecified atom stereocenters. The predicted molar refractivity (Wildman–Crippen MR) is 148 cm³/mol. The number of aromatic amines is 1. The van der Waals surface area contributed by atoms with Crippen LogP contribution in [0.2, 0.25) is 0 Å². The van der Waals surface area contributed by atoms with Crippen molar-refractivity contribution in [3.05, 3.63) is 63.2 Å². The normalized spacial score (nSPS) is 21.2. The van der Waals surface area contributed by atoms with E-state index in [1.807, 2.05) is 50.4 Å². The molecule has 0 saturated heterocycles. The minimum absolute atomic E-state index is 0.0118. The number of amides is 2. The van der Waals surface area contributed by atoms with Crippen LogP contribution in [0.25, 0.3) is 10.9 Å². The average molecular weight is 557 g/mol. The number of hydrogen-bond donors (Lipinski definition) is 3. The van der Waals surface area contributed by atoms with Gasteiger partial charge in [0.05, 0.1) is 5.56 Å². The number of thioether (sulfide) groups is 1. The number of halogens is 2. The van der Waals surface area contributed by atoms with Gasteiger partial charge in [0, 0.05) is 70.1 Å². The number of H-pyrrole nitrogens is 1. The summed E-state index contributed by atoms with van der Waals surface area (Å²) in [6, 6.07) is 9.75. The lowest BCUT2D eigenvalue weighted by Crippen LogP contribution is -2.52. The van der Waals surface area contributed by atoms with E-state index in [1.165, 1.54) is 11.8 Å². The van der Waals surface area contributed by atoms with Crippen LogP contribution in [-0.4, -0.2) is 39.6 Å². The summed E-state index contributed by atoms with van der Waals surface area (Å²) in [7, 11) is 0. The van der Waals surface area contributed by atoms with Crippen molar-refractivity contribution in [2.75, 3.05) is 6.26 Å². The molecule has 5 rings (SSSR count). The Kier molecular flexibility index (Phi) is 7.35. The fraction of sp³-hybridized carbons (Fsp3) is 0.483. The fourth-order valence-corrected chi connectivity index (χ4v) is 6.75. The number of para-hydroxylation sites is 1. The van der Waals surface area contributed by atoms with E-state index in [9.17, 15) is 23.2 Å². The largest absolute Gasteiger partial charge is 0.353 e. The molecule has 2 fully saturated rings. The summed E-state index contributed by atoms with van der Waals surface area (Å²) in [4.78, 5) is 42.0. The smallest absolute Gasteiger partial charge is 0.254 e. The van der Waals surface area contributed by atoms with Crippen LogP contribution in [0, 0.1) is 25.7 Å². The van der Waals surface area contributed by atoms with Gasteiger partial charge in [-0.1, -0.05) is 18.2 Å². The first-order valence-electron chi connectivity index (χ1n) is 13.3. The molecule has 1 atom stereocenters. The van der Waals surface area contributed by atoms with Gasteiger partial charge in [0.25, 0.3) is 11.5 Å². The molecule has 1 aromatic carbocycles. The van der Waals surface area contributed by atoms with Crippen molar-refractivity contribution in [3.8, 4) is 0 Å². The zero-order valence-corrected chi connectivity index (χ0v) is 23.4. The van der Waals surface area contributed by atoms with Gasteiger partial charge in [-0.15, -0.1) is 11.8 Å². The van der Waals surface area contributed by atoms with Gasteiger partial charge in [-0.2, -0.15) is 0 Å². The number of nitrogens with zero attached hydrogens (tertiary/aromatic N) is 1. The van der Waals surface area contributed by atoms with Crippen LogP contribution in [0.1, 0.15) is 66.0 Å². The molecule has 2 aromatic heterocycles. The number of rotatable bonds is 8. The number of alkyl halides is 2. The quantitative estimate of drug-likeness (QED) is 0.337. The molecule has 0 aliphatic heterocycles. The minimum atomic E-state index is -2.71. The van der Waals surface area contributed by atoms with Gasteiger partial charge < -0.3 is 20.2 Å². The van der Waals surface area contributed by atoms with Gasteiger partial charge in [-0.25, -0.2) is 8.78 Å². The number of pyridine rings is 1. The molecule has 2 aliphatic carbocycles. The van der Waals surface area contributed by atoms with Crippen molar-refractivity contribution in [3.63, 3.8) is 0 Å². The molecule has 0 bridgehead atoms. The number of hydrogen-bond acceptors (Lipinski definition) is 4. The summed E-state index contributed by atoms with van der Waals surface area (Å²) in [6.45, 7) is 6.01. The number of aryl methyl sites for hydroxylation is 1. The Morgan fingerprint density at radius 3 is 2.56 bits per heavy atom. The van der Waals surface area contributed by atoms with Gasteiger partial charge in [-0.05, 0) is 57.9 Å². The molecule has 208 valence electrons. The van der Waals surface area contributed by atoms with E-state index in [1.54, 1.807) is 0 Å². The Morgan fingerprint density at radius 2 is 1.90 bits per heavy atom. The van der Waals surface area contributed by atoms with Gasteiger partial charge in [-0.3, -0.25) is 14.4 Å². The lowest BCUT2D eigenvalue weighted by Gasteiger charge is -2.42. The number of fused-ring (bicyclic) bond motifs is 1. The summed E-state index contributed by atoms with van der Waals surface area (Å²) in [6.07, 6.45) is 2.71. The van der Waals surface area contributed by atoms with Crippen LogP contribution in [0.3, 0.4) is 0 Å². The van der Waals surface area contributed by atoms with E-state index in [4.69, 9.17) is 0 Å². The molecule has 10 heteroatoms. The van der Waals surface area contributed by atoms with E-state index in [0.717, 1.165) is 40.0 Å². The average Bonchev–Trinajstić information content (AvgIpc) is 3.14. The molecule has 2 saturated carbocycles. The maximum Gasteiger partial charge on any atom is 0.254 e. The van der Waals surface area contributed by atoms with Gasteiger partial charge >= 0.3 is 0 Å². The number of aromatic nitrogens is 2. The van der Waals surface area contributed by atoms with Crippen LogP contribution >= 0.6 is 11.8 Å². The van der Waals surface area contributed by atoms with E-state index in [2.05, 4.69) is 27.1 Å². The lowest BCUT2D eigenvalue weighted by molar-refractivity contribution is -0.151. The van der Waals surface area contributed by atoms with Crippen molar-refractivity contribution < 1.29 is 18.4 Å². The Hall–Kier alpha value is -3.14. The number of benzene rings is 1. The first-order chi connectivity index (χ1) is 18.5. The topological polar surface area (TPSA) is 96.0 Å². The summed E-state index contributed by atoms with van der Waals surface area (Å²) in [5, 5.41) is 6.75. The van der Waals surface area contributed by atoms with Crippen molar-refractivity contribution >= 4 is 34.5 Å². The highest BCUT2D eigenvalue weighted by molar-refractivity contribution is 7.98. The maximum atomic E-state index is 13.5. The second-order valence-electron chi connectivity index (χ2n) is 11.0. The molecule has 39 heavy (non-hydrogen) atoms. The standard InChI is InChI=1S/C29H34F2N4O3S/c1-15-9-24(39-4)22(27(37)33-15)14-32-28(38)25-17(3)35(23-8-6-5-7-21(23)25)16(2)18-10-20(11-18)34-26(36)19-12-29(30,31)13-19/h5-9,16,18-20H,10-14H2,1-4H3,(H,32,38)(H,33,37)(H,34,36)/t16-,18?,20?/m1/s1. The first kappa shape index (κ1) is 27.4. The zero-order valence-electron chi connectivity index (χ0n) is 22.6. The van der Waals surface area contributed by atoms with Crippen molar-refractivity contribution in [1.29, 1.82) is 0 Å². The lowest BCUT2D eigenvalue weighted by atomic mass is 9.74. The summed E-state index contributed by atoms with van der Waals surface area (Å²) < 4.78 is 28.5. The molecular weight excluding hydrogens is 522 g/mol. The minimum Gasteiger partial charge on any atom is -0.353 e. The van der Waals surface area contributed by atoms with Crippen LogP contribution in [0.5, 0.6) is 0 Å². The molecule has 0 radical (unpaired) electrons. The number of carbonyl (C=O) groups excluding carboxylic acids is 2. The molecule has 2 heterocycles. The monoisotopic (exact) mass is 556 g/mol. The molecule has 0 spiro atoms. The summed E-state index contributed by atoms with van der Waals surface area (Å²) in [5.41, 5.74) is 3.48. The zero-order chi connectivity index (χ0) is 28.1. The molecular formula is C29H34F2N4O3S. The molecule has 7 nitrogen and oxygen atoms in total. The third kappa shape index (κ3) is 5.23. The Bertz CT molecular complexity index is 1480. The van der Waals surface area contributed by atoms with Crippen molar-refractivity contribution in [2.45, 2.75) is 75.9 Å². The van der Waals surface area contributed by atoms with Crippen molar-refractivity contribution in [2.24, 2.45) is 11.8 Å².